The van der Waals surface area contributed by atoms with Crippen LogP contribution in [0.5, 0.6) is 5.75 Å². The van der Waals surface area contributed by atoms with Crippen molar-refractivity contribution in [1.29, 1.82) is 0 Å². The van der Waals surface area contributed by atoms with Crippen LogP contribution >= 0.6 is 0 Å². The summed E-state index contributed by atoms with van der Waals surface area (Å²) < 4.78 is 5.22. The second-order valence-electron chi connectivity index (χ2n) is 7.36. The molecule has 0 fully saturated rings. The number of benzene rings is 3. The molecule has 0 aliphatic rings. The van der Waals surface area contributed by atoms with Crippen molar-refractivity contribution >= 4 is 23.2 Å². The summed E-state index contributed by atoms with van der Waals surface area (Å²) in [5.74, 6) is 0.290. The van der Waals surface area contributed by atoms with Crippen LogP contribution in [0.1, 0.15) is 22.7 Å². The molecule has 2 amide bonds. The van der Waals surface area contributed by atoms with E-state index in [-0.39, 0.29) is 18.4 Å². The number of aryl methyl sites for hydroxylation is 2. The van der Waals surface area contributed by atoms with Crippen LogP contribution in [0.25, 0.3) is 0 Å². The van der Waals surface area contributed by atoms with Crippen LogP contribution in [0, 0.1) is 13.8 Å². The molecule has 0 radical (unpaired) electrons. The summed E-state index contributed by atoms with van der Waals surface area (Å²) in [4.78, 5) is 25.7. The van der Waals surface area contributed by atoms with Gasteiger partial charge in [0, 0.05) is 23.0 Å². The lowest BCUT2D eigenvalue weighted by Gasteiger charge is -2.17. The molecule has 3 aromatic carbocycles. The summed E-state index contributed by atoms with van der Waals surface area (Å²) in [5.41, 5.74) is 4.28. The number of hydrogen-bond acceptors (Lipinski definition) is 3. The van der Waals surface area contributed by atoms with Crippen LogP contribution in [-0.4, -0.2) is 25.5 Å². The number of amides is 2. The molecule has 3 aromatic rings. The molecule has 6 nitrogen and oxygen atoms in total. The van der Waals surface area contributed by atoms with Gasteiger partial charge >= 0.3 is 0 Å². The highest BCUT2D eigenvalue weighted by atomic mass is 16.5. The number of nitrogens with one attached hydrogen (secondary N) is 2. The number of quaternary nitrogens is 1. The summed E-state index contributed by atoms with van der Waals surface area (Å²) in [7, 11) is 1.58. The van der Waals surface area contributed by atoms with Crippen molar-refractivity contribution in [2.75, 3.05) is 24.3 Å². The lowest BCUT2D eigenvalue weighted by atomic mass is 10.1. The maximum absolute atomic E-state index is 13.1. The van der Waals surface area contributed by atoms with Crippen molar-refractivity contribution in [3.8, 4) is 5.75 Å². The first-order valence-corrected chi connectivity index (χ1v) is 10.2. The molecule has 3 rings (SSSR count). The first-order valence-electron chi connectivity index (χ1n) is 10.2. The Morgan fingerprint density at radius 1 is 0.903 bits per heavy atom. The van der Waals surface area contributed by atoms with Crippen molar-refractivity contribution in [1.82, 2.24) is 0 Å². The molecular formula is C25H28N3O3+. The minimum atomic E-state index is -0.573. The largest absolute Gasteiger partial charge is 0.497 e. The Labute approximate surface area is 182 Å². The molecular weight excluding hydrogens is 390 g/mol. The van der Waals surface area contributed by atoms with Gasteiger partial charge in [0.15, 0.2) is 12.6 Å². The first-order chi connectivity index (χ1) is 15.0. The minimum absolute atomic E-state index is 0.110. The number of rotatable bonds is 8. The molecule has 0 bridgehead atoms. The SMILES string of the molecule is COc1cccc(NC(=O)[C@H]([NH2+]CC(=O)Nc2c(C)cccc2C)c2ccccc2)c1. The lowest BCUT2D eigenvalue weighted by Crippen LogP contribution is -2.89. The van der Waals surface area contributed by atoms with E-state index in [0.717, 1.165) is 22.4 Å². The van der Waals surface area contributed by atoms with Gasteiger partial charge in [-0.05, 0) is 37.1 Å². The quantitative estimate of drug-likeness (QED) is 0.525. The van der Waals surface area contributed by atoms with Gasteiger partial charge in [-0.2, -0.15) is 0 Å². The van der Waals surface area contributed by atoms with Crippen molar-refractivity contribution in [2.45, 2.75) is 19.9 Å². The van der Waals surface area contributed by atoms with E-state index in [0.29, 0.717) is 11.4 Å². The summed E-state index contributed by atoms with van der Waals surface area (Å²) in [6.07, 6.45) is 0. The Bertz CT molecular complexity index is 1030. The zero-order chi connectivity index (χ0) is 22.2. The molecule has 0 saturated heterocycles. The Balaban J connectivity index is 1.72. The number of para-hydroxylation sites is 1. The van der Waals surface area contributed by atoms with Gasteiger partial charge < -0.3 is 20.7 Å². The van der Waals surface area contributed by atoms with Gasteiger partial charge in [0.25, 0.3) is 11.8 Å². The van der Waals surface area contributed by atoms with Gasteiger partial charge in [0.2, 0.25) is 0 Å². The number of methoxy groups -OCH3 is 1. The predicted molar refractivity (Wildman–Crippen MR) is 122 cm³/mol. The topological polar surface area (TPSA) is 84.0 Å². The molecule has 0 unspecified atom stereocenters. The Morgan fingerprint density at radius 3 is 2.26 bits per heavy atom. The summed E-state index contributed by atoms with van der Waals surface area (Å²) >= 11 is 0. The van der Waals surface area contributed by atoms with E-state index in [1.807, 2.05) is 74.5 Å². The lowest BCUT2D eigenvalue weighted by molar-refractivity contribution is -0.671. The summed E-state index contributed by atoms with van der Waals surface area (Å²) in [5, 5.41) is 7.64. The van der Waals surface area contributed by atoms with E-state index in [1.165, 1.54) is 0 Å². The molecule has 0 aliphatic heterocycles. The average Bonchev–Trinajstić information content (AvgIpc) is 2.77. The average molecular weight is 419 g/mol. The molecule has 1 atom stereocenters. The van der Waals surface area contributed by atoms with Crippen molar-refractivity contribution in [2.24, 2.45) is 0 Å². The fourth-order valence-corrected chi connectivity index (χ4v) is 3.40. The van der Waals surface area contributed by atoms with Gasteiger partial charge in [0.05, 0.1) is 7.11 Å². The molecule has 0 aliphatic carbocycles. The van der Waals surface area contributed by atoms with Crippen LogP contribution in [0.2, 0.25) is 0 Å². The fourth-order valence-electron chi connectivity index (χ4n) is 3.40. The Kier molecular flexibility index (Phi) is 7.40. The number of carbonyl (C=O) groups excluding carboxylic acids is 2. The van der Waals surface area contributed by atoms with Crippen LogP contribution in [-0.2, 0) is 9.59 Å². The molecule has 0 saturated carbocycles. The standard InChI is InChI=1S/C25H27N3O3/c1-17-9-7-10-18(2)23(17)28-22(29)16-26-24(19-11-5-4-6-12-19)25(30)27-20-13-8-14-21(15-20)31-3/h4-15,24,26H,16H2,1-3H3,(H,27,30)(H,28,29)/p+1/t24-/m1/s1. The van der Waals surface area contributed by atoms with Gasteiger partial charge in [-0.25, -0.2) is 0 Å². The fraction of sp³-hybridized carbons (Fsp3) is 0.200. The van der Waals surface area contributed by atoms with Gasteiger partial charge in [0.1, 0.15) is 5.75 Å². The van der Waals surface area contributed by atoms with Crippen LogP contribution in [0.4, 0.5) is 11.4 Å². The predicted octanol–water partition coefficient (Wildman–Crippen LogP) is 3.19. The van der Waals surface area contributed by atoms with Gasteiger partial charge in [-0.3, -0.25) is 9.59 Å². The number of anilines is 2. The number of ether oxygens (including phenoxy) is 1. The second kappa shape index (κ2) is 10.4. The Hall–Kier alpha value is -3.64. The molecule has 160 valence electrons. The summed E-state index contributed by atoms with van der Waals surface area (Å²) in [6, 6.07) is 21.9. The molecule has 0 heterocycles. The number of carbonyl (C=O) groups is 2. The van der Waals surface area contributed by atoms with E-state index in [9.17, 15) is 9.59 Å². The highest BCUT2D eigenvalue weighted by Gasteiger charge is 2.25. The van der Waals surface area contributed by atoms with Crippen molar-refractivity contribution < 1.29 is 19.6 Å². The maximum atomic E-state index is 13.1. The first kappa shape index (κ1) is 22.1. The van der Waals surface area contributed by atoms with Crippen molar-refractivity contribution in [3.05, 3.63) is 89.5 Å². The second-order valence-corrected chi connectivity index (χ2v) is 7.36. The summed E-state index contributed by atoms with van der Waals surface area (Å²) in [6.45, 7) is 4.03. The zero-order valence-corrected chi connectivity index (χ0v) is 18.0. The van der Waals surface area contributed by atoms with E-state index < -0.39 is 6.04 Å². The third-order valence-electron chi connectivity index (χ3n) is 5.06. The monoisotopic (exact) mass is 418 g/mol. The van der Waals surface area contributed by atoms with Crippen LogP contribution < -0.4 is 20.7 Å². The third kappa shape index (κ3) is 5.93. The minimum Gasteiger partial charge on any atom is -0.497 e. The molecule has 0 aromatic heterocycles. The zero-order valence-electron chi connectivity index (χ0n) is 18.0. The van der Waals surface area contributed by atoms with Gasteiger partial charge in [-0.1, -0.05) is 54.6 Å². The highest BCUT2D eigenvalue weighted by Crippen LogP contribution is 2.20. The number of hydrogen-bond donors (Lipinski definition) is 3. The Morgan fingerprint density at radius 2 is 1.58 bits per heavy atom. The molecule has 31 heavy (non-hydrogen) atoms. The van der Waals surface area contributed by atoms with E-state index in [2.05, 4.69) is 10.6 Å². The van der Waals surface area contributed by atoms with Gasteiger partial charge in [-0.15, -0.1) is 0 Å². The smallest absolute Gasteiger partial charge is 0.287 e. The number of nitrogens with two attached hydrogens (primary N) is 1. The maximum Gasteiger partial charge on any atom is 0.287 e. The van der Waals surface area contributed by atoms with E-state index >= 15 is 0 Å². The highest BCUT2D eigenvalue weighted by molar-refractivity contribution is 5.95. The van der Waals surface area contributed by atoms with E-state index in [1.54, 1.807) is 24.6 Å². The van der Waals surface area contributed by atoms with Crippen LogP contribution in [0.3, 0.4) is 0 Å². The van der Waals surface area contributed by atoms with Crippen molar-refractivity contribution in [3.63, 3.8) is 0 Å². The molecule has 4 N–H and O–H groups in total. The molecule has 6 heteroatoms. The molecule has 0 spiro atoms. The normalized spacial score (nSPS) is 11.5. The van der Waals surface area contributed by atoms with E-state index in [4.69, 9.17) is 4.74 Å². The third-order valence-corrected chi connectivity index (χ3v) is 5.06. The van der Waals surface area contributed by atoms with Crippen LogP contribution in [0.15, 0.2) is 72.8 Å².